The number of fused-ring (bicyclic) bond motifs is 6. The molecule has 0 radical (unpaired) electrons. The number of benzene rings is 4. The summed E-state index contributed by atoms with van der Waals surface area (Å²) in [5.41, 5.74) is 1.60. The van der Waals surface area contributed by atoms with Crippen molar-refractivity contribution < 1.29 is 42.1 Å². The monoisotopic (exact) mass is 766 g/mol. The molecule has 1 aliphatic heterocycles. The zero-order chi connectivity index (χ0) is 39.4. The molecule has 13 heteroatoms. The van der Waals surface area contributed by atoms with Crippen molar-refractivity contribution in [3.8, 4) is 34.3 Å². The Morgan fingerprint density at radius 1 is 0.596 bits per heavy atom. The van der Waals surface area contributed by atoms with Gasteiger partial charge in [0.05, 0.1) is 24.3 Å². The maximum absolute atomic E-state index is 13.8. The molecule has 0 amide bonds. The fourth-order valence-electron chi connectivity index (χ4n) is 7.21. The van der Waals surface area contributed by atoms with Gasteiger partial charge in [0.25, 0.3) is 0 Å². The fourth-order valence-corrected chi connectivity index (χ4v) is 7.21. The smallest absolute Gasteiger partial charge is 0.339 e. The van der Waals surface area contributed by atoms with Crippen molar-refractivity contribution in [2.24, 2.45) is 0 Å². The van der Waals surface area contributed by atoms with Gasteiger partial charge in [-0.3, -0.25) is 0 Å². The summed E-state index contributed by atoms with van der Waals surface area (Å²) < 4.78 is 40.6. The average Bonchev–Trinajstić information content (AvgIpc) is 3.17. The minimum Gasteiger partial charge on any atom is -0.508 e. The molecule has 13 nitrogen and oxygen atoms in total. The minimum atomic E-state index is -1.14. The first-order chi connectivity index (χ1) is 27.6. The van der Waals surface area contributed by atoms with Crippen LogP contribution in [0.25, 0.3) is 44.2 Å². The quantitative estimate of drug-likeness (QED) is 0.140. The molecule has 4 aromatic carbocycles. The Bertz CT molecular complexity index is 3150. The second kappa shape index (κ2) is 14.0. The van der Waals surface area contributed by atoms with Crippen LogP contribution in [0, 0.1) is 0 Å². The van der Waals surface area contributed by atoms with Gasteiger partial charge in [-0.1, -0.05) is 6.07 Å². The van der Waals surface area contributed by atoms with Crippen molar-refractivity contribution in [1.82, 2.24) is 0 Å². The van der Waals surface area contributed by atoms with E-state index >= 15 is 0 Å². The Hall–Kier alpha value is -7.38. The molecule has 8 aromatic rings. The standard InChI is InChI=1S/C44H30O13/c1-2-51-29-6-10-36-32(20-29)26(17-41(49)54-36)21-52-44-34-14-25(13-24-16-39(47)53-35-9-5-27(45)18-31(24)35)43(50)57-42(34)33-12-22(3-8-37(33)56-44)11-23-15-40(48)55-38-19-28(46)4-7-30(23)38/h3-10,12,14-20,44-46H,2,11,13,21H2,1H3. The Morgan fingerprint density at radius 3 is 2.04 bits per heavy atom. The molecular weight excluding hydrogens is 736 g/mol. The van der Waals surface area contributed by atoms with E-state index in [2.05, 4.69) is 0 Å². The zero-order valence-corrected chi connectivity index (χ0v) is 30.0. The first-order valence-corrected chi connectivity index (χ1v) is 17.9. The maximum atomic E-state index is 13.8. The molecule has 0 spiro atoms. The number of phenols is 2. The molecule has 0 fully saturated rings. The summed E-state index contributed by atoms with van der Waals surface area (Å²) >= 11 is 0. The lowest BCUT2D eigenvalue weighted by atomic mass is 9.95. The molecule has 1 atom stereocenters. The molecule has 4 aromatic heterocycles. The first-order valence-electron chi connectivity index (χ1n) is 17.9. The lowest BCUT2D eigenvalue weighted by molar-refractivity contribution is -0.0952. The minimum absolute atomic E-state index is 0.0437. The third kappa shape index (κ3) is 6.80. The fraction of sp³-hybridized carbons (Fsp3) is 0.136. The molecule has 0 aliphatic carbocycles. The van der Waals surface area contributed by atoms with Crippen LogP contribution in [-0.4, -0.2) is 16.8 Å². The van der Waals surface area contributed by atoms with E-state index in [-0.39, 0.29) is 53.4 Å². The summed E-state index contributed by atoms with van der Waals surface area (Å²) in [6.07, 6.45) is -0.928. The van der Waals surface area contributed by atoms with Crippen LogP contribution in [0.3, 0.4) is 0 Å². The summed E-state index contributed by atoms with van der Waals surface area (Å²) in [4.78, 5) is 51.4. The van der Waals surface area contributed by atoms with E-state index < -0.39 is 28.8 Å². The van der Waals surface area contributed by atoms with Crippen molar-refractivity contribution in [3.05, 3.63) is 172 Å². The molecular formula is C44H30O13. The molecule has 5 heterocycles. The van der Waals surface area contributed by atoms with Gasteiger partial charge in [0.2, 0.25) is 6.29 Å². The van der Waals surface area contributed by atoms with Crippen LogP contribution in [0.1, 0.15) is 46.6 Å². The Labute approximate surface area is 320 Å². The zero-order valence-electron chi connectivity index (χ0n) is 30.0. The van der Waals surface area contributed by atoms with Crippen LogP contribution >= 0.6 is 0 Å². The van der Waals surface area contributed by atoms with E-state index in [0.717, 1.165) is 5.56 Å². The molecule has 57 heavy (non-hydrogen) atoms. The van der Waals surface area contributed by atoms with Gasteiger partial charge in [-0.05, 0) is 102 Å². The molecule has 2 N–H and O–H groups in total. The van der Waals surface area contributed by atoms with Crippen LogP contribution in [0.2, 0.25) is 0 Å². The second-order valence-corrected chi connectivity index (χ2v) is 13.5. The molecule has 0 saturated carbocycles. The van der Waals surface area contributed by atoms with E-state index in [4.69, 9.17) is 31.9 Å². The van der Waals surface area contributed by atoms with Gasteiger partial charge < -0.3 is 42.1 Å². The van der Waals surface area contributed by atoms with Gasteiger partial charge >= 0.3 is 22.5 Å². The Balaban J connectivity index is 1.13. The molecule has 9 rings (SSSR count). The number of hydrogen-bond donors (Lipinski definition) is 2. The van der Waals surface area contributed by atoms with Crippen molar-refractivity contribution in [2.75, 3.05) is 6.61 Å². The molecule has 1 aliphatic rings. The lowest BCUT2D eigenvalue weighted by Gasteiger charge is -2.28. The topological polar surface area (TPSA) is 189 Å². The van der Waals surface area contributed by atoms with Crippen molar-refractivity contribution in [2.45, 2.75) is 32.7 Å². The van der Waals surface area contributed by atoms with Gasteiger partial charge in [-0.15, -0.1) is 0 Å². The predicted molar refractivity (Wildman–Crippen MR) is 206 cm³/mol. The normalized spacial score (nSPS) is 13.4. The summed E-state index contributed by atoms with van der Waals surface area (Å²) in [7, 11) is 0. The highest BCUT2D eigenvalue weighted by Gasteiger charge is 2.31. The molecule has 284 valence electrons. The van der Waals surface area contributed by atoms with Crippen molar-refractivity contribution >= 4 is 32.9 Å². The summed E-state index contributed by atoms with van der Waals surface area (Å²) in [5, 5.41) is 21.8. The summed E-state index contributed by atoms with van der Waals surface area (Å²) in [6, 6.07) is 24.8. The maximum Gasteiger partial charge on any atom is 0.339 e. The Morgan fingerprint density at radius 2 is 1.26 bits per heavy atom. The van der Waals surface area contributed by atoms with Gasteiger partial charge in [0.1, 0.15) is 39.7 Å². The molecule has 0 saturated heterocycles. The van der Waals surface area contributed by atoms with Gasteiger partial charge in [-0.25, -0.2) is 19.2 Å². The largest absolute Gasteiger partial charge is 0.508 e. The van der Waals surface area contributed by atoms with Crippen LogP contribution in [0.15, 0.2) is 134 Å². The Kier molecular flexibility index (Phi) is 8.70. The first kappa shape index (κ1) is 35.3. The number of phenolic OH excluding ortho intramolecular Hbond substituents is 2. The van der Waals surface area contributed by atoms with E-state index in [1.807, 2.05) is 6.92 Å². The number of hydrogen-bond acceptors (Lipinski definition) is 13. The number of rotatable bonds is 9. The van der Waals surface area contributed by atoms with E-state index in [0.29, 0.717) is 67.7 Å². The van der Waals surface area contributed by atoms with E-state index in [1.54, 1.807) is 48.5 Å². The average molecular weight is 767 g/mol. The summed E-state index contributed by atoms with van der Waals surface area (Å²) in [5.74, 6) is 0.993. The number of ether oxygens (including phenoxy) is 3. The molecule has 1 unspecified atom stereocenters. The molecule has 0 bridgehead atoms. The van der Waals surface area contributed by atoms with Crippen LogP contribution in [0.5, 0.6) is 23.0 Å². The highest BCUT2D eigenvalue weighted by Crippen LogP contribution is 2.44. The third-order valence-electron chi connectivity index (χ3n) is 9.73. The highest BCUT2D eigenvalue weighted by atomic mass is 16.7. The van der Waals surface area contributed by atoms with Gasteiger partial charge in [0, 0.05) is 52.4 Å². The third-order valence-corrected chi connectivity index (χ3v) is 9.73. The predicted octanol–water partition coefficient (Wildman–Crippen LogP) is 7.23. The highest BCUT2D eigenvalue weighted by molar-refractivity contribution is 5.84. The number of aromatic hydroxyl groups is 2. The second-order valence-electron chi connectivity index (χ2n) is 13.5. The van der Waals surface area contributed by atoms with E-state index in [9.17, 15) is 29.4 Å². The lowest BCUT2D eigenvalue weighted by Crippen LogP contribution is -2.21. The van der Waals surface area contributed by atoms with Gasteiger partial charge in [-0.2, -0.15) is 0 Å². The van der Waals surface area contributed by atoms with Crippen LogP contribution < -0.4 is 32.0 Å². The van der Waals surface area contributed by atoms with Crippen LogP contribution in [0.4, 0.5) is 0 Å². The van der Waals surface area contributed by atoms with E-state index in [1.165, 1.54) is 48.5 Å². The summed E-state index contributed by atoms with van der Waals surface area (Å²) in [6.45, 7) is 2.17. The van der Waals surface area contributed by atoms with Crippen molar-refractivity contribution in [1.29, 1.82) is 0 Å². The van der Waals surface area contributed by atoms with Crippen LogP contribution in [-0.2, 0) is 24.2 Å². The van der Waals surface area contributed by atoms with Crippen molar-refractivity contribution in [3.63, 3.8) is 0 Å². The van der Waals surface area contributed by atoms with Gasteiger partial charge in [0.15, 0.2) is 5.76 Å². The SMILES string of the molecule is CCOc1ccc2oc(=O)cc(COC3Oc4ccc(Cc5cc(=O)oc6cc(O)ccc56)cc4-c4oc(=O)c(Cc5cc(=O)oc6ccc(O)cc56)cc43)c2c1.